The second kappa shape index (κ2) is 10.3. The van der Waals surface area contributed by atoms with E-state index in [4.69, 9.17) is 27.9 Å². The number of nitrogens with zero attached hydrogens (tertiary/aromatic N) is 3. The molecule has 8 heteroatoms. The molecule has 0 saturated carbocycles. The summed E-state index contributed by atoms with van der Waals surface area (Å²) in [4.78, 5) is 13.4. The van der Waals surface area contributed by atoms with Gasteiger partial charge >= 0.3 is 0 Å². The van der Waals surface area contributed by atoms with Crippen molar-refractivity contribution in [3.05, 3.63) is 68.1 Å². The second-order valence-electron chi connectivity index (χ2n) is 10.4. The van der Waals surface area contributed by atoms with Gasteiger partial charge in [0.2, 0.25) is 0 Å². The summed E-state index contributed by atoms with van der Waals surface area (Å²) in [5, 5.41) is 10.3. The summed E-state index contributed by atoms with van der Waals surface area (Å²) < 4.78 is 10.2. The number of nitrogens with one attached hydrogen (secondary N) is 1. The number of amides is 1. The van der Waals surface area contributed by atoms with Crippen LogP contribution < -0.4 is 10.1 Å². The highest BCUT2D eigenvalue weighted by Crippen LogP contribution is 2.43. The average Bonchev–Trinajstić information content (AvgIpc) is 3.27. The maximum absolute atomic E-state index is 13.4. The fourth-order valence-corrected chi connectivity index (χ4v) is 6.15. The van der Waals surface area contributed by atoms with Gasteiger partial charge in [0, 0.05) is 46.9 Å². The molecule has 2 aromatic heterocycles. The van der Waals surface area contributed by atoms with Gasteiger partial charge in [0.25, 0.3) is 5.91 Å². The lowest BCUT2D eigenvalue weighted by Gasteiger charge is -2.18. The minimum Gasteiger partial charge on any atom is -0.494 e. The Balaban J connectivity index is 1.59. The Bertz CT molecular complexity index is 1540. The molecule has 0 radical (unpaired) electrons. The number of ether oxygens (including phenoxy) is 1. The number of carbonyl (C=O) groups is 1. The van der Waals surface area contributed by atoms with Gasteiger partial charge in [-0.25, -0.2) is 0 Å². The molecule has 200 valence electrons. The molecule has 1 N–H and O–H groups in total. The van der Waals surface area contributed by atoms with Crippen molar-refractivity contribution in [1.82, 2.24) is 19.7 Å². The minimum atomic E-state index is -0.0351. The monoisotopic (exact) mass is 552 g/mol. The molecule has 1 aliphatic rings. The van der Waals surface area contributed by atoms with Crippen molar-refractivity contribution < 1.29 is 9.53 Å². The highest BCUT2D eigenvalue weighted by molar-refractivity contribution is 6.35. The quantitative estimate of drug-likeness (QED) is 0.255. The first-order valence-electron chi connectivity index (χ1n) is 13.1. The number of carbonyl (C=O) groups excluding carboxylic acids is 1. The van der Waals surface area contributed by atoms with Gasteiger partial charge in [-0.1, -0.05) is 29.3 Å². The molecule has 6 nitrogen and oxygen atoms in total. The predicted molar refractivity (Wildman–Crippen MR) is 155 cm³/mol. The molecule has 4 aromatic rings. The van der Waals surface area contributed by atoms with Crippen molar-refractivity contribution in [1.29, 1.82) is 0 Å². The number of benzene rings is 2. The van der Waals surface area contributed by atoms with Crippen LogP contribution in [0.2, 0.25) is 10.0 Å². The first-order chi connectivity index (χ1) is 18.1. The first-order valence-corrected chi connectivity index (χ1v) is 13.9. The summed E-state index contributed by atoms with van der Waals surface area (Å²) in [6.45, 7) is 11.4. The third kappa shape index (κ3) is 4.48. The van der Waals surface area contributed by atoms with Gasteiger partial charge in [-0.05, 0) is 88.8 Å². The van der Waals surface area contributed by atoms with Crippen molar-refractivity contribution in [3.8, 4) is 16.9 Å². The van der Waals surface area contributed by atoms with Gasteiger partial charge < -0.3 is 14.6 Å². The smallest absolute Gasteiger partial charge is 0.268 e. The van der Waals surface area contributed by atoms with Gasteiger partial charge in [-0.3, -0.25) is 9.48 Å². The number of aromatic nitrogens is 3. The van der Waals surface area contributed by atoms with E-state index >= 15 is 0 Å². The van der Waals surface area contributed by atoms with Crippen LogP contribution in [0.25, 0.3) is 22.0 Å². The molecule has 0 fully saturated rings. The third-order valence-corrected chi connectivity index (χ3v) is 8.64. The highest BCUT2D eigenvalue weighted by Gasteiger charge is 2.31. The van der Waals surface area contributed by atoms with Crippen molar-refractivity contribution in [3.63, 3.8) is 0 Å². The topological polar surface area (TPSA) is 61.1 Å². The zero-order valence-electron chi connectivity index (χ0n) is 22.8. The molecule has 5 rings (SSSR count). The van der Waals surface area contributed by atoms with E-state index in [0.29, 0.717) is 24.6 Å². The molecule has 38 heavy (non-hydrogen) atoms. The number of aryl methyl sites for hydroxylation is 5. The Hall–Kier alpha value is -2.96. The van der Waals surface area contributed by atoms with Gasteiger partial charge in [0.1, 0.15) is 11.4 Å². The zero-order valence-corrected chi connectivity index (χ0v) is 24.3. The van der Waals surface area contributed by atoms with Crippen molar-refractivity contribution >= 4 is 40.0 Å². The van der Waals surface area contributed by atoms with Crippen LogP contribution in [0.15, 0.2) is 24.3 Å². The molecule has 1 unspecified atom stereocenters. The number of fused-ring (bicyclic) bond motifs is 3. The number of halogens is 2. The third-order valence-electron chi connectivity index (χ3n) is 7.73. The molecular formula is C30H34Cl2N4O2. The highest BCUT2D eigenvalue weighted by atomic mass is 35.5. The van der Waals surface area contributed by atoms with E-state index in [1.807, 2.05) is 50.7 Å². The second-order valence-corrected chi connectivity index (χ2v) is 11.2. The van der Waals surface area contributed by atoms with Crippen LogP contribution in [0.5, 0.6) is 5.75 Å². The van der Waals surface area contributed by atoms with Gasteiger partial charge in [-0.2, -0.15) is 5.10 Å². The Kier molecular flexibility index (Phi) is 7.23. The predicted octanol–water partition coefficient (Wildman–Crippen LogP) is 7.29. The largest absolute Gasteiger partial charge is 0.494 e. The van der Waals surface area contributed by atoms with Crippen LogP contribution in [0.3, 0.4) is 0 Å². The maximum Gasteiger partial charge on any atom is 0.268 e. The molecule has 2 aromatic carbocycles. The van der Waals surface area contributed by atoms with E-state index in [0.717, 1.165) is 79.4 Å². The minimum absolute atomic E-state index is 0.0351. The summed E-state index contributed by atoms with van der Waals surface area (Å²) in [6, 6.07) is 8.08. The molecule has 1 aliphatic heterocycles. The summed E-state index contributed by atoms with van der Waals surface area (Å²) in [6.07, 6.45) is 2.31. The van der Waals surface area contributed by atoms with Crippen LogP contribution in [0, 0.1) is 27.7 Å². The van der Waals surface area contributed by atoms with Crippen LogP contribution in [-0.4, -0.2) is 33.4 Å². The van der Waals surface area contributed by atoms with E-state index in [9.17, 15) is 4.79 Å². The SMILES string of the molecule is Cc1cc(OCCCc2c3n(c4c(-c5c(C)nn(C)c5C)c(Cl)ccc24)C(C)CCNC3=O)cc(C)c1Cl. The summed E-state index contributed by atoms with van der Waals surface area (Å²) in [7, 11) is 1.95. The Labute approximate surface area is 233 Å². The maximum atomic E-state index is 13.4. The molecule has 0 spiro atoms. The standard InChI is InChI=1S/C30H34Cl2N4O2/c1-16-14-21(15-17(2)27(16)32)38-13-7-8-22-23-9-10-24(31)26(25-19(4)34-35(6)20(25)5)28(23)36-18(3)11-12-33-30(37)29(22)36/h9-10,14-15,18H,7-8,11-13H2,1-6H3,(H,33,37). The van der Waals surface area contributed by atoms with Gasteiger partial charge in [0.15, 0.2) is 0 Å². The summed E-state index contributed by atoms with van der Waals surface area (Å²) in [5.74, 6) is 0.778. The van der Waals surface area contributed by atoms with Crippen LogP contribution in [0.1, 0.15) is 64.4 Å². The summed E-state index contributed by atoms with van der Waals surface area (Å²) in [5.41, 5.74) is 8.72. The van der Waals surface area contributed by atoms with Crippen LogP contribution >= 0.6 is 23.2 Å². The van der Waals surface area contributed by atoms with Gasteiger partial charge in [-0.15, -0.1) is 0 Å². The molecule has 0 bridgehead atoms. The fourth-order valence-electron chi connectivity index (χ4n) is 5.79. The molecule has 1 atom stereocenters. The van der Waals surface area contributed by atoms with E-state index in [-0.39, 0.29) is 11.9 Å². The lowest BCUT2D eigenvalue weighted by molar-refractivity contribution is 0.0950. The van der Waals surface area contributed by atoms with Crippen molar-refractivity contribution in [2.45, 2.75) is 59.9 Å². The normalized spacial score (nSPS) is 15.5. The lowest BCUT2D eigenvalue weighted by Crippen LogP contribution is -2.24. The van der Waals surface area contributed by atoms with Crippen LogP contribution in [0.4, 0.5) is 0 Å². The average molecular weight is 554 g/mol. The molecular weight excluding hydrogens is 519 g/mol. The first kappa shape index (κ1) is 26.6. The summed E-state index contributed by atoms with van der Waals surface area (Å²) >= 11 is 13.2. The lowest BCUT2D eigenvalue weighted by atomic mass is 9.98. The van der Waals surface area contributed by atoms with Crippen LogP contribution in [-0.2, 0) is 13.5 Å². The number of hydrogen-bond donors (Lipinski definition) is 1. The molecule has 0 saturated heterocycles. The van der Waals surface area contributed by atoms with E-state index in [1.165, 1.54) is 0 Å². The molecule has 1 amide bonds. The Morgan fingerprint density at radius 2 is 1.82 bits per heavy atom. The Morgan fingerprint density at radius 3 is 2.47 bits per heavy atom. The number of hydrogen-bond acceptors (Lipinski definition) is 3. The van der Waals surface area contributed by atoms with E-state index in [1.54, 1.807) is 0 Å². The van der Waals surface area contributed by atoms with Crippen molar-refractivity contribution in [2.24, 2.45) is 7.05 Å². The Morgan fingerprint density at radius 1 is 1.11 bits per heavy atom. The van der Waals surface area contributed by atoms with Gasteiger partial charge in [0.05, 0.1) is 22.8 Å². The zero-order chi connectivity index (χ0) is 27.3. The molecule has 0 aliphatic carbocycles. The van der Waals surface area contributed by atoms with E-state index < -0.39 is 0 Å². The molecule has 3 heterocycles. The number of rotatable bonds is 6. The van der Waals surface area contributed by atoms with E-state index in [2.05, 4.69) is 34.9 Å². The fraction of sp³-hybridized carbons (Fsp3) is 0.400. The van der Waals surface area contributed by atoms with Crippen molar-refractivity contribution in [2.75, 3.05) is 13.2 Å².